The minimum atomic E-state index is -0.313. The molecule has 0 saturated carbocycles. The van der Waals surface area contributed by atoms with Gasteiger partial charge in [-0.2, -0.15) is 0 Å². The molecule has 2 aliphatic rings. The zero-order valence-corrected chi connectivity index (χ0v) is 8.96. The van der Waals surface area contributed by atoms with Gasteiger partial charge in [0.05, 0.1) is 13.0 Å². The summed E-state index contributed by atoms with van der Waals surface area (Å²) >= 11 is 0. The lowest BCUT2D eigenvalue weighted by Gasteiger charge is -2.31. The van der Waals surface area contributed by atoms with Crippen molar-refractivity contribution in [3.05, 3.63) is 35.9 Å². The first-order chi connectivity index (χ1) is 7.84. The van der Waals surface area contributed by atoms with Crippen LogP contribution in [0.4, 0.5) is 0 Å². The monoisotopic (exact) mass is 218 g/mol. The minimum absolute atomic E-state index is 0.127. The summed E-state index contributed by atoms with van der Waals surface area (Å²) in [5.41, 5.74) is 1.29. The highest BCUT2D eigenvalue weighted by molar-refractivity contribution is 5.72. The Kier molecular flexibility index (Phi) is 2.40. The van der Waals surface area contributed by atoms with Crippen LogP contribution in [-0.4, -0.2) is 18.9 Å². The molecule has 0 aromatic heterocycles. The molecule has 2 heterocycles. The lowest BCUT2D eigenvalue weighted by Crippen LogP contribution is -2.32. The lowest BCUT2D eigenvalue weighted by molar-refractivity contribution is -0.176. The Morgan fingerprint density at radius 2 is 2.00 bits per heavy atom. The molecule has 2 aliphatic heterocycles. The highest BCUT2D eigenvalue weighted by Gasteiger charge is 2.43. The molecule has 0 aliphatic carbocycles. The van der Waals surface area contributed by atoms with E-state index in [0.717, 1.165) is 6.42 Å². The van der Waals surface area contributed by atoms with E-state index in [9.17, 15) is 4.79 Å². The van der Waals surface area contributed by atoms with Crippen LogP contribution in [0.1, 0.15) is 24.3 Å². The largest absolute Gasteiger partial charge is 0.435 e. The van der Waals surface area contributed by atoms with Crippen molar-refractivity contribution in [1.29, 1.82) is 0 Å². The quantitative estimate of drug-likeness (QED) is 0.677. The number of carbonyl (C=O) groups excluding carboxylic acids is 1. The van der Waals surface area contributed by atoms with Gasteiger partial charge in [0, 0.05) is 5.92 Å². The third-order valence-electron chi connectivity index (χ3n) is 3.46. The van der Waals surface area contributed by atoms with Crippen LogP contribution < -0.4 is 0 Å². The number of rotatable bonds is 1. The summed E-state index contributed by atoms with van der Waals surface area (Å²) in [4.78, 5) is 11.3. The second-order valence-corrected chi connectivity index (χ2v) is 4.40. The van der Waals surface area contributed by atoms with Crippen LogP contribution in [0.2, 0.25) is 0 Å². The Balaban J connectivity index is 1.87. The number of fused-ring (bicyclic) bond motifs is 1. The van der Waals surface area contributed by atoms with Gasteiger partial charge in [-0.05, 0) is 17.9 Å². The maximum atomic E-state index is 11.3. The molecule has 0 spiro atoms. The van der Waals surface area contributed by atoms with E-state index in [-0.39, 0.29) is 18.2 Å². The van der Waals surface area contributed by atoms with Gasteiger partial charge in [0.25, 0.3) is 0 Å². The van der Waals surface area contributed by atoms with Crippen LogP contribution in [-0.2, 0) is 14.3 Å². The summed E-state index contributed by atoms with van der Waals surface area (Å²) in [6.07, 6.45) is 1.15. The van der Waals surface area contributed by atoms with Gasteiger partial charge < -0.3 is 9.47 Å². The highest BCUT2D eigenvalue weighted by atomic mass is 16.7. The number of hydrogen-bond acceptors (Lipinski definition) is 3. The smallest absolute Gasteiger partial charge is 0.308 e. The van der Waals surface area contributed by atoms with E-state index < -0.39 is 0 Å². The fourth-order valence-electron chi connectivity index (χ4n) is 2.68. The molecule has 0 bridgehead atoms. The van der Waals surface area contributed by atoms with Gasteiger partial charge in [-0.15, -0.1) is 0 Å². The van der Waals surface area contributed by atoms with Gasteiger partial charge in [0.15, 0.2) is 0 Å². The molecule has 2 saturated heterocycles. The van der Waals surface area contributed by atoms with Crippen molar-refractivity contribution in [1.82, 2.24) is 0 Å². The van der Waals surface area contributed by atoms with Crippen molar-refractivity contribution in [2.75, 3.05) is 6.61 Å². The van der Waals surface area contributed by atoms with Crippen molar-refractivity contribution >= 4 is 5.97 Å². The normalized spacial score (nSPS) is 33.2. The van der Waals surface area contributed by atoms with Crippen LogP contribution >= 0.6 is 0 Å². The molecule has 16 heavy (non-hydrogen) atoms. The van der Waals surface area contributed by atoms with Gasteiger partial charge in [-0.3, -0.25) is 4.79 Å². The molecule has 2 fully saturated rings. The molecule has 3 atom stereocenters. The summed E-state index contributed by atoms with van der Waals surface area (Å²) < 4.78 is 10.6. The highest BCUT2D eigenvalue weighted by Crippen LogP contribution is 2.41. The van der Waals surface area contributed by atoms with Crippen molar-refractivity contribution in [2.24, 2.45) is 5.92 Å². The Hall–Kier alpha value is -1.35. The third kappa shape index (κ3) is 1.61. The molecule has 0 N–H and O–H groups in total. The average molecular weight is 218 g/mol. The summed E-state index contributed by atoms with van der Waals surface area (Å²) in [7, 11) is 0. The predicted molar refractivity (Wildman–Crippen MR) is 57.7 cm³/mol. The van der Waals surface area contributed by atoms with Gasteiger partial charge >= 0.3 is 5.97 Å². The number of esters is 1. The van der Waals surface area contributed by atoms with Crippen LogP contribution in [0.25, 0.3) is 0 Å². The molecular weight excluding hydrogens is 204 g/mol. The van der Waals surface area contributed by atoms with E-state index in [1.807, 2.05) is 18.2 Å². The summed E-state index contributed by atoms with van der Waals surface area (Å²) in [5, 5.41) is 0. The first-order valence-electron chi connectivity index (χ1n) is 5.70. The molecule has 1 aromatic rings. The number of benzene rings is 1. The summed E-state index contributed by atoms with van der Waals surface area (Å²) in [6.45, 7) is 0.675. The lowest BCUT2D eigenvalue weighted by atomic mass is 9.81. The van der Waals surface area contributed by atoms with Gasteiger partial charge in [-0.1, -0.05) is 30.3 Å². The minimum Gasteiger partial charge on any atom is -0.435 e. The maximum Gasteiger partial charge on any atom is 0.308 e. The third-order valence-corrected chi connectivity index (χ3v) is 3.46. The van der Waals surface area contributed by atoms with Crippen molar-refractivity contribution in [3.63, 3.8) is 0 Å². The van der Waals surface area contributed by atoms with Crippen LogP contribution in [0.3, 0.4) is 0 Å². The van der Waals surface area contributed by atoms with E-state index >= 15 is 0 Å². The molecule has 84 valence electrons. The number of hydrogen-bond donors (Lipinski definition) is 0. The van der Waals surface area contributed by atoms with E-state index in [1.165, 1.54) is 5.56 Å². The predicted octanol–water partition coefficient (Wildman–Crippen LogP) is 2.08. The molecule has 0 amide bonds. The average Bonchev–Trinajstić information content (AvgIpc) is 2.70. The Morgan fingerprint density at radius 3 is 2.81 bits per heavy atom. The van der Waals surface area contributed by atoms with E-state index in [4.69, 9.17) is 9.47 Å². The molecule has 1 aromatic carbocycles. The van der Waals surface area contributed by atoms with Crippen molar-refractivity contribution in [2.45, 2.75) is 25.0 Å². The SMILES string of the molecule is O=C1C[C@@H]2[C@@H](OCC[C@H]2c2ccccc2)O1. The Morgan fingerprint density at radius 1 is 1.19 bits per heavy atom. The molecule has 0 unspecified atom stereocenters. The number of carbonyl (C=O) groups is 1. The Bertz CT molecular complexity index is 387. The first-order valence-corrected chi connectivity index (χ1v) is 5.70. The summed E-state index contributed by atoms with van der Waals surface area (Å²) in [5.74, 6) is 0.466. The van der Waals surface area contributed by atoms with Gasteiger partial charge in [0.1, 0.15) is 0 Å². The van der Waals surface area contributed by atoms with E-state index in [2.05, 4.69) is 12.1 Å². The number of ether oxygens (including phenoxy) is 2. The molecule has 0 radical (unpaired) electrons. The van der Waals surface area contributed by atoms with Crippen molar-refractivity contribution < 1.29 is 14.3 Å². The van der Waals surface area contributed by atoms with Gasteiger partial charge in [-0.25, -0.2) is 0 Å². The zero-order chi connectivity index (χ0) is 11.0. The van der Waals surface area contributed by atoms with E-state index in [1.54, 1.807) is 0 Å². The van der Waals surface area contributed by atoms with Crippen LogP contribution in [0.5, 0.6) is 0 Å². The molecular formula is C13H14O3. The standard InChI is InChI=1S/C13H14O3/c14-12-8-11-10(6-7-15-13(11)16-12)9-4-2-1-3-5-9/h1-5,10-11,13H,6-8H2/t10-,11-,13-/m0/s1. The second kappa shape index (κ2) is 3.91. The second-order valence-electron chi connectivity index (χ2n) is 4.40. The van der Waals surface area contributed by atoms with E-state index in [0.29, 0.717) is 18.9 Å². The maximum absolute atomic E-state index is 11.3. The van der Waals surface area contributed by atoms with Crippen molar-refractivity contribution in [3.8, 4) is 0 Å². The fourth-order valence-corrected chi connectivity index (χ4v) is 2.68. The molecule has 3 nitrogen and oxygen atoms in total. The zero-order valence-electron chi connectivity index (χ0n) is 8.96. The van der Waals surface area contributed by atoms with Crippen LogP contribution in [0, 0.1) is 5.92 Å². The topological polar surface area (TPSA) is 35.5 Å². The molecule has 3 rings (SSSR count). The molecule has 3 heteroatoms. The van der Waals surface area contributed by atoms with Crippen LogP contribution in [0.15, 0.2) is 30.3 Å². The first kappa shape index (κ1) is 9.85. The fraction of sp³-hybridized carbons (Fsp3) is 0.462. The summed E-state index contributed by atoms with van der Waals surface area (Å²) in [6, 6.07) is 10.3. The van der Waals surface area contributed by atoms with Gasteiger partial charge in [0.2, 0.25) is 6.29 Å². The Labute approximate surface area is 94.4 Å².